The number of halogens is 2. The Kier molecular flexibility index (Phi) is 5.02. The number of hydrogen-bond acceptors (Lipinski definition) is 3. The Morgan fingerprint density at radius 3 is 2.71 bits per heavy atom. The lowest BCUT2D eigenvalue weighted by molar-refractivity contribution is -0.117. The second-order valence-corrected chi connectivity index (χ2v) is 6.19. The Morgan fingerprint density at radius 1 is 1.29 bits per heavy atom. The van der Waals surface area contributed by atoms with Crippen LogP contribution in [0.4, 0.5) is 10.1 Å². The van der Waals surface area contributed by atoms with Gasteiger partial charge in [0.2, 0.25) is 5.91 Å². The van der Waals surface area contributed by atoms with Crippen molar-refractivity contribution >= 4 is 23.2 Å². The molecule has 1 saturated heterocycles. The van der Waals surface area contributed by atoms with Crippen molar-refractivity contribution in [3.63, 3.8) is 0 Å². The molecule has 0 radical (unpaired) electrons. The molecule has 4 nitrogen and oxygen atoms in total. The van der Waals surface area contributed by atoms with Gasteiger partial charge in [0.15, 0.2) is 0 Å². The van der Waals surface area contributed by atoms with Crippen LogP contribution in [0.3, 0.4) is 0 Å². The fourth-order valence-electron chi connectivity index (χ4n) is 2.90. The second-order valence-electron chi connectivity index (χ2n) is 5.78. The summed E-state index contributed by atoms with van der Waals surface area (Å²) in [5, 5.41) is 6.51. The maximum atomic E-state index is 13.0. The van der Waals surface area contributed by atoms with Gasteiger partial charge in [0.1, 0.15) is 11.6 Å². The number of ether oxygens (including phenoxy) is 1. The van der Waals surface area contributed by atoms with Crippen molar-refractivity contribution in [2.24, 2.45) is 0 Å². The summed E-state index contributed by atoms with van der Waals surface area (Å²) in [4.78, 5) is 12.4. The number of nitrogens with one attached hydrogen (secondary N) is 2. The zero-order valence-corrected chi connectivity index (χ0v) is 13.9. The highest BCUT2D eigenvalue weighted by atomic mass is 35.5. The zero-order valence-electron chi connectivity index (χ0n) is 13.2. The van der Waals surface area contributed by atoms with Crippen LogP contribution in [0, 0.1) is 5.82 Å². The van der Waals surface area contributed by atoms with Crippen molar-refractivity contribution in [1.29, 1.82) is 0 Å². The largest absolute Gasteiger partial charge is 0.495 e. The molecule has 1 fully saturated rings. The quantitative estimate of drug-likeness (QED) is 0.888. The lowest BCUT2D eigenvalue weighted by atomic mass is 9.96. The van der Waals surface area contributed by atoms with Gasteiger partial charge in [-0.2, -0.15) is 0 Å². The van der Waals surface area contributed by atoms with E-state index in [0.717, 1.165) is 5.56 Å². The van der Waals surface area contributed by atoms with Gasteiger partial charge in [-0.15, -0.1) is 0 Å². The summed E-state index contributed by atoms with van der Waals surface area (Å²) >= 11 is 6.07. The van der Waals surface area contributed by atoms with Gasteiger partial charge in [0.25, 0.3) is 0 Å². The molecular formula is C18H18ClFN2O2. The Hall–Kier alpha value is -2.11. The molecule has 2 atom stereocenters. The number of amides is 1. The summed E-state index contributed by atoms with van der Waals surface area (Å²) in [5.41, 5.74) is 1.66. The third-order valence-corrected chi connectivity index (χ3v) is 4.50. The molecule has 1 amide bonds. The van der Waals surface area contributed by atoms with E-state index in [1.165, 1.54) is 19.2 Å². The molecule has 0 aromatic heterocycles. The van der Waals surface area contributed by atoms with Crippen LogP contribution in [0.25, 0.3) is 0 Å². The number of hydrogen-bond donors (Lipinski definition) is 2. The van der Waals surface area contributed by atoms with Gasteiger partial charge in [-0.25, -0.2) is 4.39 Å². The molecule has 2 aromatic rings. The summed E-state index contributed by atoms with van der Waals surface area (Å²) in [6.07, 6.45) is 0.668. The van der Waals surface area contributed by atoms with E-state index in [1.54, 1.807) is 30.3 Å². The molecule has 6 heteroatoms. The SMILES string of the molecule is COc1ccc(NC(=O)C2CC(c3ccc(F)cc3)CN2)cc1Cl. The third kappa shape index (κ3) is 3.68. The van der Waals surface area contributed by atoms with Crippen LogP contribution in [-0.2, 0) is 4.79 Å². The number of benzene rings is 2. The average Bonchev–Trinajstić information content (AvgIpc) is 3.06. The molecule has 0 bridgehead atoms. The maximum Gasteiger partial charge on any atom is 0.241 e. The van der Waals surface area contributed by atoms with Crippen LogP contribution < -0.4 is 15.4 Å². The molecule has 3 rings (SSSR count). The highest BCUT2D eigenvalue weighted by Crippen LogP contribution is 2.29. The fraction of sp³-hybridized carbons (Fsp3) is 0.278. The van der Waals surface area contributed by atoms with Crippen LogP contribution >= 0.6 is 11.6 Å². The normalized spacial score (nSPS) is 20.0. The molecule has 2 N–H and O–H groups in total. The molecule has 126 valence electrons. The first-order chi connectivity index (χ1) is 11.6. The summed E-state index contributed by atoms with van der Waals surface area (Å²) in [6.45, 7) is 0.688. The van der Waals surface area contributed by atoms with Crippen molar-refractivity contribution < 1.29 is 13.9 Å². The van der Waals surface area contributed by atoms with Crippen LogP contribution in [-0.4, -0.2) is 25.6 Å². The Morgan fingerprint density at radius 2 is 2.04 bits per heavy atom. The molecule has 1 aliphatic rings. The van der Waals surface area contributed by atoms with Gasteiger partial charge in [-0.3, -0.25) is 4.79 Å². The Balaban J connectivity index is 1.62. The average molecular weight is 349 g/mol. The van der Waals surface area contributed by atoms with E-state index in [4.69, 9.17) is 16.3 Å². The van der Waals surface area contributed by atoms with Crippen molar-refractivity contribution in [3.05, 3.63) is 58.9 Å². The first-order valence-electron chi connectivity index (χ1n) is 7.70. The zero-order chi connectivity index (χ0) is 17.1. The monoisotopic (exact) mass is 348 g/mol. The molecule has 0 saturated carbocycles. The van der Waals surface area contributed by atoms with Gasteiger partial charge < -0.3 is 15.4 Å². The molecule has 24 heavy (non-hydrogen) atoms. The van der Waals surface area contributed by atoms with Crippen LogP contribution in [0.1, 0.15) is 17.9 Å². The van der Waals surface area contributed by atoms with Gasteiger partial charge in [0, 0.05) is 12.2 Å². The lowest BCUT2D eigenvalue weighted by Gasteiger charge is -2.13. The van der Waals surface area contributed by atoms with Crippen LogP contribution in [0.15, 0.2) is 42.5 Å². The predicted octanol–water partition coefficient (Wildman–Crippen LogP) is 3.57. The van der Waals surface area contributed by atoms with E-state index in [2.05, 4.69) is 10.6 Å². The summed E-state index contributed by atoms with van der Waals surface area (Å²) in [7, 11) is 1.54. The number of carbonyl (C=O) groups excluding carboxylic acids is 1. The van der Waals surface area contributed by atoms with Crippen molar-refractivity contribution in [2.75, 3.05) is 19.0 Å². The van der Waals surface area contributed by atoms with Crippen molar-refractivity contribution in [3.8, 4) is 5.75 Å². The van der Waals surface area contributed by atoms with E-state index in [9.17, 15) is 9.18 Å². The smallest absolute Gasteiger partial charge is 0.241 e. The van der Waals surface area contributed by atoms with Crippen molar-refractivity contribution in [1.82, 2.24) is 5.32 Å². The summed E-state index contributed by atoms with van der Waals surface area (Å²) < 4.78 is 18.1. The predicted molar refractivity (Wildman–Crippen MR) is 92.2 cm³/mol. The second kappa shape index (κ2) is 7.20. The Labute approximate surface area is 145 Å². The number of anilines is 1. The minimum atomic E-state index is -0.291. The van der Waals surface area contributed by atoms with Crippen LogP contribution in [0.5, 0.6) is 5.75 Å². The molecule has 2 unspecified atom stereocenters. The van der Waals surface area contributed by atoms with Gasteiger partial charge >= 0.3 is 0 Å². The molecule has 0 spiro atoms. The number of rotatable bonds is 4. The first kappa shape index (κ1) is 16.7. The molecule has 1 heterocycles. The van der Waals surface area contributed by atoms with E-state index in [1.807, 2.05) is 0 Å². The van der Waals surface area contributed by atoms with Gasteiger partial charge in [-0.1, -0.05) is 23.7 Å². The fourth-order valence-corrected chi connectivity index (χ4v) is 3.16. The van der Waals surface area contributed by atoms with Crippen LogP contribution in [0.2, 0.25) is 5.02 Å². The van der Waals surface area contributed by atoms with E-state index < -0.39 is 0 Å². The van der Waals surface area contributed by atoms with Crippen molar-refractivity contribution in [2.45, 2.75) is 18.4 Å². The molecule has 2 aromatic carbocycles. The van der Waals surface area contributed by atoms with E-state index in [0.29, 0.717) is 29.4 Å². The number of methoxy groups -OCH3 is 1. The Bertz CT molecular complexity index is 736. The molecule has 0 aliphatic carbocycles. The minimum absolute atomic E-state index is 0.110. The summed E-state index contributed by atoms with van der Waals surface area (Å²) in [5.74, 6) is 0.391. The van der Waals surface area contributed by atoms with E-state index >= 15 is 0 Å². The highest BCUT2D eigenvalue weighted by molar-refractivity contribution is 6.32. The lowest BCUT2D eigenvalue weighted by Crippen LogP contribution is -2.35. The summed E-state index contributed by atoms with van der Waals surface area (Å²) in [6, 6.07) is 11.3. The topological polar surface area (TPSA) is 50.4 Å². The molecule has 1 aliphatic heterocycles. The molecular weight excluding hydrogens is 331 g/mol. The maximum absolute atomic E-state index is 13.0. The third-order valence-electron chi connectivity index (χ3n) is 4.21. The first-order valence-corrected chi connectivity index (χ1v) is 8.08. The number of carbonyl (C=O) groups is 1. The standard InChI is InChI=1S/C18H18ClFN2O2/c1-24-17-7-6-14(9-15(17)19)22-18(23)16-8-12(10-21-16)11-2-4-13(20)5-3-11/h2-7,9,12,16,21H,8,10H2,1H3,(H,22,23). The highest BCUT2D eigenvalue weighted by Gasteiger charge is 2.30. The van der Waals surface area contributed by atoms with Gasteiger partial charge in [0.05, 0.1) is 18.2 Å². The minimum Gasteiger partial charge on any atom is -0.495 e. The van der Waals surface area contributed by atoms with E-state index in [-0.39, 0.29) is 23.7 Å². The van der Waals surface area contributed by atoms with Gasteiger partial charge in [-0.05, 0) is 48.2 Å².